The van der Waals surface area contributed by atoms with E-state index in [1.807, 2.05) is 13.0 Å². The van der Waals surface area contributed by atoms with Gasteiger partial charge in [-0.25, -0.2) is 13.2 Å². The fraction of sp³-hybridized carbons (Fsp3) is 0.136. The molecule has 0 aliphatic rings. The van der Waals surface area contributed by atoms with E-state index in [0.29, 0.717) is 11.3 Å². The Balaban J connectivity index is 1.79. The highest BCUT2D eigenvalue weighted by molar-refractivity contribution is 7.92. The number of ether oxygens (including phenoxy) is 1. The van der Waals surface area contributed by atoms with Crippen LogP contribution >= 0.6 is 11.6 Å². The van der Waals surface area contributed by atoms with E-state index in [4.69, 9.17) is 16.3 Å². The molecule has 8 nitrogen and oxygen atoms in total. The van der Waals surface area contributed by atoms with Gasteiger partial charge >= 0.3 is 5.97 Å². The Morgan fingerprint density at radius 1 is 1.03 bits per heavy atom. The molecule has 0 amide bonds. The Bertz CT molecular complexity index is 1310. The minimum Gasteiger partial charge on any atom is -0.423 e. The van der Waals surface area contributed by atoms with E-state index in [-0.39, 0.29) is 26.9 Å². The molecule has 0 saturated heterocycles. The second-order valence-electron chi connectivity index (χ2n) is 7.05. The normalized spacial score (nSPS) is 11.1. The predicted molar refractivity (Wildman–Crippen MR) is 121 cm³/mol. The summed E-state index contributed by atoms with van der Waals surface area (Å²) in [4.78, 5) is 22.7. The highest BCUT2D eigenvalue weighted by Gasteiger charge is 2.24. The van der Waals surface area contributed by atoms with Gasteiger partial charge in [-0.3, -0.25) is 14.4 Å². The van der Waals surface area contributed by atoms with Crippen LogP contribution in [0.1, 0.15) is 21.5 Å². The van der Waals surface area contributed by atoms with Crippen molar-refractivity contribution in [1.29, 1.82) is 0 Å². The van der Waals surface area contributed by atoms with Crippen molar-refractivity contribution < 1.29 is 22.9 Å². The molecular formula is C22H19ClN2O6S. The Labute approximate surface area is 190 Å². The average Bonchev–Trinajstić information content (AvgIpc) is 2.75. The quantitative estimate of drug-likeness (QED) is 0.217. The molecule has 3 aromatic carbocycles. The number of aryl methyl sites for hydroxylation is 2. The van der Waals surface area contributed by atoms with Crippen LogP contribution in [-0.2, 0) is 10.0 Å². The maximum Gasteiger partial charge on any atom is 0.345 e. The topological polar surface area (TPSA) is 107 Å². The van der Waals surface area contributed by atoms with Gasteiger partial charge in [0.15, 0.2) is 0 Å². The summed E-state index contributed by atoms with van der Waals surface area (Å²) in [7, 11) is -2.35. The van der Waals surface area contributed by atoms with Crippen LogP contribution < -0.4 is 9.04 Å². The molecule has 0 aromatic heterocycles. The zero-order valence-electron chi connectivity index (χ0n) is 17.4. The summed E-state index contributed by atoms with van der Waals surface area (Å²) in [5.41, 5.74) is 1.56. The Hall–Kier alpha value is -3.43. The maximum absolute atomic E-state index is 13.0. The molecule has 3 rings (SSSR count). The largest absolute Gasteiger partial charge is 0.423 e. The fourth-order valence-corrected chi connectivity index (χ4v) is 4.70. The van der Waals surface area contributed by atoms with Crippen molar-refractivity contribution >= 4 is 39.0 Å². The number of hydrogen-bond donors (Lipinski definition) is 0. The number of sulfonamides is 1. The molecule has 32 heavy (non-hydrogen) atoms. The first kappa shape index (κ1) is 23.2. The smallest absolute Gasteiger partial charge is 0.345 e. The molecule has 0 radical (unpaired) electrons. The Morgan fingerprint density at radius 3 is 2.28 bits per heavy atom. The zero-order valence-corrected chi connectivity index (χ0v) is 19.0. The SMILES string of the molecule is Cc1ccc(C)c(S(=O)(=O)N(C)c2ccc(OC(=O)c3ccc([N+](=O)[O-])cc3Cl)cc2)c1. The second-order valence-corrected chi connectivity index (χ2v) is 9.39. The lowest BCUT2D eigenvalue weighted by Crippen LogP contribution is -2.27. The van der Waals surface area contributed by atoms with Crippen LogP contribution in [0.3, 0.4) is 0 Å². The molecule has 0 aliphatic heterocycles. The molecule has 0 aliphatic carbocycles. The number of nitro benzene ring substituents is 1. The van der Waals surface area contributed by atoms with E-state index in [9.17, 15) is 23.3 Å². The number of nitrogens with zero attached hydrogens (tertiary/aromatic N) is 2. The summed E-state index contributed by atoms with van der Waals surface area (Å²) in [6.45, 7) is 3.55. The number of benzene rings is 3. The molecular weight excluding hydrogens is 456 g/mol. The molecule has 0 atom stereocenters. The molecule has 0 bridgehead atoms. The summed E-state index contributed by atoms with van der Waals surface area (Å²) in [6, 6.07) is 14.5. The van der Waals surface area contributed by atoms with Gasteiger partial charge in [0.25, 0.3) is 15.7 Å². The minimum absolute atomic E-state index is 0.0315. The number of anilines is 1. The first-order chi connectivity index (χ1) is 15.0. The van der Waals surface area contributed by atoms with Crippen LogP contribution in [0.25, 0.3) is 0 Å². The van der Waals surface area contributed by atoms with Crippen LogP contribution in [0.5, 0.6) is 5.75 Å². The van der Waals surface area contributed by atoms with Crippen LogP contribution in [-0.4, -0.2) is 26.4 Å². The van der Waals surface area contributed by atoms with Gasteiger partial charge in [-0.05, 0) is 61.4 Å². The first-order valence-corrected chi connectivity index (χ1v) is 11.1. The lowest BCUT2D eigenvalue weighted by atomic mass is 10.2. The molecule has 10 heteroatoms. The van der Waals surface area contributed by atoms with Gasteiger partial charge in [-0.15, -0.1) is 0 Å². The molecule has 0 N–H and O–H groups in total. The molecule has 0 saturated carbocycles. The Morgan fingerprint density at radius 2 is 1.69 bits per heavy atom. The van der Waals surface area contributed by atoms with Crippen LogP contribution in [0.4, 0.5) is 11.4 Å². The predicted octanol–water partition coefficient (Wildman–Crippen LogP) is 4.91. The lowest BCUT2D eigenvalue weighted by Gasteiger charge is -2.21. The molecule has 0 unspecified atom stereocenters. The summed E-state index contributed by atoms with van der Waals surface area (Å²) in [6.07, 6.45) is 0. The third-order valence-electron chi connectivity index (χ3n) is 4.78. The Kier molecular flexibility index (Phi) is 6.52. The van der Waals surface area contributed by atoms with Crippen molar-refractivity contribution in [1.82, 2.24) is 0 Å². The van der Waals surface area contributed by atoms with Crippen molar-refractivity contribution in [3.8, 4) is 5.75 Å². The molecule has 3 aromatic rings. The second kappa shape index (κ2) is 8.97. The van der Waals surface area contributed by atoms with Gasteiger partial charge in [-0.1, -0.05) is 23.7 Å². The number of nitro groups is 1. The average molecular weight is 475 g/mol. The zero-order chi connectivity index (χ0) is 23.6. The van der Waals surface area contributed by atoms with Gasteiger partial charge < -0.3 is 4.74 Å². The lowest BCUT2D eigenvalue weighted by molar-refractivity contribution is -0.384. The number of carbonyl (C=O) groups excluding carboxylic acids is 1. The van der Waals surface area contributed by atoms with Crippen molar-refractivity contribution in [2.45, 2.75) is 18.7 Å². The van der Waals surface area contributed by atoms with Crippen LogP contribution in [0, 0.1) is 24.0 Å². The summed E-state index contributed by atoms with van der Waals surface area (Å²) in [5, 5.41) is 10.7. The summed E-state index contributed by atoms with van der Waals surface area (Å²) in [5.74, 6) is -0.639. The van der Waals surface area contributed by atoms with Gasteiger partial charge in [0.05, 0.1) is 26.1 Å². The number of esters is 1. The standard InChI is InChI=1S/C22H19ClN2O6S/c1-14-4-5-15(2)21(12-14)32(29,30)24(3)16-6-9-18(10-7-16)31-22(26)19-11-8-17(25(27)28)13-20(19)23/h4-13H,1-3H3. The van der Waals surface area contributed by atoms with Crippen molar-refractivity contribution in [2.24, 2.45) is 0 Å². The van der Waals surface area contributed by atoms with Gasteiger partial charge in [0, 0.05) is 19.2 Å². The monoisotopic (exact) mass is 474 g/mol. The van der Waals surface area contributed by atoms with E-state index >= 15 is 0 Å². The highest BCUT2D eigenvalue weighted by atomic mass is 35.5. The molecule has 0 fully saturated rings. The van der Waals surface area contributed by atoms with E-state index in [2.05, 4.69) is 0 Å². The third kappa shape index (κ3) is 4.74. The van der Waals surface area contributed by atoms with Gasteiger partial charge in [0.2, 0.25) is 0 Å². The molecule has 0 spiro atoms. The van der Waals surface area contributed by atoms with Crippen molar-refractivity contribution in [3.05, 3.63) is 92.5 Å². The molecule has 166 valence electrons. The number of non-ortho nitro benzene ring substituents is 1. The third-order valence-corrected chi connectivity index (χ3v) is 7.02. The fourth-order valence-electron chi connectivity index (χ4n) is 2.94. The van der Waals surface area contributed by atoms with Gasteiger partial charge in [0.1, 0.15) is 5.75 Å². The van der Waals surface area contributed by atoms with E-state index in [1.165, 1.54) is 37.4 Å². The van der Waals surface area contributed by atoms with Crippen LogP contribution in [0.2, 0.25) is 5.02 Å². The first-order valence-electron chi connectivity index (χ1n) is 9.33. The summed E-state index contributed by atoms with van der Waals surface area (Å²) >= 11 is 5.95. The van der Waals surface area contributed by atoms with E-state index in [1.54, 1.807) is 19.1 Å². The van der Waals surface area contributed by atoms with E-state index < -0.39 is 20.9 Å². The number of rotatable bonds is 6. The van der Waals surface area contributed by atoms with Crippen molar-refractivity contribution in [2.75, 3.05) is 11.4 Å². The molecule has 0 heterocycles. The van der Waals surface area contributed by atoms with E-state index in [0.717, 1.165) is 22.0 Å². The number of carbonyl (C=O) groups is 1. The maximum atomic E-state index is 13.0. The minimum atomic E-state index is -3.79. The highest BCUT2D eigenvalue weighted by Crippen LogP contribution is 2.28. The number of halogens is 1. The van der Waals surface area contributed by atoms with Crippen LogP contribution in [0.15, 0.2) is 65.6 Å². The van der Waals surface area contributed by atoms with Crippen molar-refractivity contribution in [3.63, 3.8) is 0 Å². The van der Waals surface area contributed by atoms with Gasteiger partial charge in [-0.2, -0.15) is 0 Å². The number of hydrogen-bond acceptors (Lipinski definition) is 6. The summed E-state index contributed by atoms with van der Waals surface area (Å²) < 4.78 is 32.5.